The number of phosphoric ester groups is 1. The maximum Gasteiger partial charge on any atom is 0.472 e. The van der Waals surface area contributed by atoms with E-state index in [4.69, 9.17) is 23.6 Å². The molecule has 3 unspecified atom stereocenters. The van der Waals surface area contributed by atoms with Crippen LogP contribution in [0.1, 0.15) is 162 Å². The maximum atomic E-state index is 12.4. The van der Waals surface area contributed by atoms with E-state index in [2.05, 4.69) is 13.8 Å². The zero-order valence-electron chi connectivity index (χ0n) is 27.7. The molecule has 9 nitrogen and oxygen atoms in total. The summed E-state index contributed by atoms with van der Waals surface area (Å²) in [6, 6.07) is 0. The first kappa shape index (κ1) is 42.5. The van der Waals surface area contributed by atoms with Crippen LogP contribution in [0, 0.1) is 0 Å². The van der Waals surface area contributed by atoms with Gasteiger partial charge in [-0.05, 0) is 12.8 Å². The molecule has 0 aromatic carbocycles. The topological polar surface area (TPSA) is 132 Å². The van der Waals surface area contributed by atoms with Crippen LogP contribution in [0.25, 0.3) is 0 Å². The molecule has 0 saturated heterocycles. The molecule has 0 amide bonds. The van der Waals surface area contributed by atoms with Crippen molar-refractivity contribution >= 4 is 13.8 Å². The summed E-state index contributed by atoms with van der Waals surface area (Å²) < 4.78 is 33.1. The van der Waals surface area contributed by atoms with Crippen molar-refractivity contribution in [3.05, 3.63) is 0 Å². The summed E-state index contributed by atoms with van der Waals surface area (Å²) in [5.74, 6) is -0.385. The highest BCUT2D eigenvalue weighted by Gasteiger charge is 2.26. The standard InChI is InChI=1S/C33H67O9P/c1-3-5-7-9-11-13-14-15-16-17-18-20-22-24-26-39-29-32(30-41-43(37,38)40-28-31(35)27-34)42-33(36)25-23-21-19-12-10-8-6-4-2/h31-32,34-35H,3-30H2,1-2H3,(H,37,38). The van der Waals surface area contributed by atoms with Crippen molar-refractivity contribution in [1.29, 1.82) is 0 Å². The molecule has 0 aliphatic rings. The molecule has 0 aliphatic heterocycles. The van der Waals surface area contributed by atoms with E-state index in [0.717, 1.165) is 32.1 Å². The molecule has 0 spiro atoms. The van der Waals surface area contributed by atoms with Crippen molar-refractivity contribution in [3.63, 3.8) is 0 Å². The van der Waals surface area contributed by atoms with Gasteiger partial charge in [-0.15, -0.1) is 0 Å². The van der Waals surface area contributed by atoms with Crippen LogP contribution in [0.3, 0.4) is 0 Å². The molecule has 0 aliphatic carbocycles. The SMILES string of the molecule is CCCCCCCCCCCCCCCCOCC(COP(=O)(O)OCC(O)CO)OC(=O)CCCCCCCCCC. The number of rotatable bonds is 34. The summed E-state index contributed by atoms with van der Waals surface area (Å²) in [6.45, 7) is 3.50. The molecule has 0 rings (SSSR count). The van der Waals surface area contributed by atoms with E-state index in [0.29, 0.717) is 6.61 Å². The Kier molecular flexibility index (Phi) is 31.0. The van der Waals surface area contributed by atoms with E-state index < -0.39 is 33.2 Å². The summed E-state index contributed by atoms with van der Waals surface area (Å²) in [5.41, 5.74) is 0. The average Bonchev–Trinajstić information content (AvgIpc) is 2.99. The summed E-state index contributed by atoms with van der Waals surface area (Å²) in [6.07, 6.45) is 25.0. The minimum Gasteiger partial charge on any atom is -0.457 e. The highest BCUT2D eigenvalue weighted by Crippen LogP contribution is 2.43. The zero-order valence-corrected chi connectivity index (χ0v) is 28.6. The van der Waals surface area contributed by atoms with E-state index in [-0.39, 0.29) is 25.6 Å². The van der Waals surface area contributed by atoms with Crippen LogP contribution in [0.4, 0.5) is 0 Å². The summed E-state index contributed by atoms with van der Waals surface area (Å²) in [5, 5.41) is 18.2. The molecule has 10 heteroatoms. The number of phosphoric acid groups is 1. The van der Waals surface area contributed by atoms with Gasteiger partial charge >= 0.3 is 13.8 Å². The van der Waals surface area contributed by atoms with Gasteiger partial charge in [0, 0.05) is 13.0 Å². The number of carbonyl (C=O) groups excluding carboxylic acids is 1. The Hall–Kier alpha value is -0.540. The van der Waals surface area contributed by atoms with Crippen LogP contribution in [0.15, 0.2) is 0 Å². The third-order valence-corrected chi connectivity index (χ3v) is 8.49. The van der Waals surface area contributed by atoms with E-state index >= 15 is 0 Å². The molecule has 3 N–H and O–H groups in total. The van der Waals surface area contributed by atoms with Crippen molar-refractivity contribution in [2.75, 3.05) is 33.0 Å². The van der Waals surface area contributed by atoms with Crippen LogP contribution < -0.4 is 0 Å². The Morgan fingerprint density at radius 1 is 0.628 bits per heavy atom. The van der Waals surface area contributed by atoms with E-state index in [1.807, 2.05) is 0 Å². The van der Waals surface area contributed by atoms with E-state index in [1.165, 1.54) is 109 Å². The van der Waals surface area contributed by atoms with Crippen LogP contribution in [-0.2, 0) is 27.9 Å². The second-order valence-corrected chi connectivity index (χ2v) is 13.4. The molecule has 258 valence electrons. The van der Waals surface area contributed by atoms with Gasteiger partial charge in [0.1, 0.15) is 12.2 Å². The lowest BCUT2D eigenvalue weighted by atomic mass is 10.0. The second-order valence-electron chi connectivity index (χ2n) is 11.9. The number of unbranched alkanes of at least 4 members (excludes halogenated alkanes) is 20. The number of carbonyl (C=O) groups is 1. The number of hydrogen-bond donors (Lipinski definition) is 3. The lowest BCUT2D eigenvalue weighted by Gasteiger charge is -2.20. The fraction of sp³-hybridized carbons (Fsp3) is 0.970. The monoisotopic (exact) mass is 638 g/mol. The first-order valence-electron chi connectivity index (χ1n) is 17.5. The van der Waals surface area contributed by atoms with Gasteiger partial charge in [-0.3, -0.25) is 13.8 Å². The van der Waals surface area contributed by atoms with E-state index in [9.17, 15) is 19.4 Å². The Bertz CT molecular complexity index is 650. The Morgan fingerprint density at radius 2 is 1.05 bits per heavy atom. The molecule has 3 atom stereocenters. The van der Waals surface area contributed by atoms with Crippen molar-refractivity contribution in [2.45, 2.75) is 174 Å². The van der Waals surface area contributed by atoms with Crippen molar-refractivity contribution in [2.24, 2.45) is 0 Å². The minimum atomic E-state index is -4.49. The Morgan fingerprint density at radius 3 is 1.51 bits per heavy atom. The van der Waals surface area contributed by atoms with Gasteiger partial charge in [0.05, 0.1) is 26.4 Å². The highest BCUT2D eigenvalue weighted by atomic mass is 31.2. The normalized spacial score (nSPS) is 14.4. The second kappa shape index (κ2) is 31.4. The van der Waals surface area contributed by atoms with Crippen molar-refractivity contribution in [1.82, 2.24) is 0 Å². The molecular weight excluding hydrogens is 571 g/mol. The molecule has 0 aromatic heterocycles. The van der Waals surface area contributed by atoms with Gasteiger partial charge in [0.2, 0.25) is 0 Å². The average molecular weight is 639 g/mol. The summed E-state index contributed by atoms with van der Waals surface area (Å²) >= 11 is 0. The lowest BCUT2D eigenvalue weighted by molar-refractivity contribution is -0.154. The van der Waals surface area contributed by atoms with Crippen molar-refractivity contribution in [3.8, 4) is 0 Å². The van der Waals surface area contributed by atoms with Gasteiger partial charge in [-0.25, -0.2) is 4.57 Å². The van der Waals surface area contributed by atoms with Crippen LogP contribution in [0.2, 0.25) is 0 Å². The van der Waals surface area contributed by atoms with Crippen LogP contribution in [-0.4, -0.2) is 66.3 Å². The Labute approximate surface area is 263 Å². The third-order valence-electron chi connectivity index (χ3n) is 7.54. The predicted octanol–water partition coefficient (Wildman–Crippen LogP) is 8.41. The zero-order chi connectivity index (χ0) is 31.9. The van der Waals surface area contributed by atoms with Crippen LogP contribution in [0.5, 0.6) is 0 Å². The number of ether oxygens (including phenoxy) is 2. The Balaban J connectivity index is 4.19. The fourth-order valence-corrected chi connectivity index (χ4v) is 5.61. The number of aliphatic hydroxyl groups excluding tert-OH is 2. The molecule has 43 heavy (non-hydrogen) atoms. The highest BCUT2D eigenvalue weighted by molar-refractivity contribution is 7.47. The smallest absolute Gasteiger partial charge is 0.457 e. The molecular formula is C33H67O9P. The molecule has 0 fully saturated rings. The lowest BCUT2D eigenvalue weighted by Crippen LogP contribution is -2.29. The number of esters is 1. The molecule has 0 heterocycles. The summed E-state index contributed by atoms with van der Waals surface area (Å²) in [7, 11) is -4.49. The largest absolute Gasteiger partial charge is 0.472 e. The minimum absolute atomic E-state index is 0.0564. The first-order chi connectivity index (χ1) is 20.8. The van der Waals surface area contributed by atoms with Gasteiger partial charge < -0.3 is 24.6 Å². The van der Waals surface area contributed by atoms with Crippen molar-refractivity contribution < 1.29 is 43.0 Å². The molecule has 0 aromatic rings. The van der Waals surface area contributed by atoms with Gasteiger partial charge in [-0.1, -0.05) is 142 Å². The molecule has 0 saturated carbocycles. The summed E-state index contributed by atoms with van der Waals surface area (Å²) in [4.78, 5) is 22.3. The van der Waals surface area contributed by atoms with Crippen LogP contribution >= 0.6 is 7.82 Å². The quantitative estimate of drug-likeness (QED) is 0.0361. The fourth-order valence-electron chi connectivity index (χ4n) is 4.83. The van der Waals surface area contributed by atoms with Gasteiger partial charge in [0.15, 0.2) is 0 Å². The number of hydrogen-bond acceptors (Lipinski definition) is 8. The van der Waals surface area contributed by atoms with Gasteiger partial charge in [-0.2, -0.15) is 0 Å². The van der Waals surface area contributed by atoms with Gasteiger partial charge in [0.25, 0.3) is 0 Å². The predicted molar refractivity (Wildman–Crippen MR) is 173 cm³/mol. The third kappa shape index (κ3) is 31.2. The van der Waals surface area contributed by atoms with E-state index in [1.54, 1.807) is 0 Å². The number of aliphatic hydroxyl groups is 2. The maximum absolute atomic E-state index is 12.4. The molecule has 0 radical (unpaired) electrons. The molecule has 0 bridgehead atoms. The first-order valence-corrected chi connectivity index (χ1v) is 19.0.